The predicted octanol–water partition coefficient (Wildman–Crippen LogP) is 2.66. The summed E-state index contributed by atoms with van der Waals surface area (Å²) in [6.45, 7) is 8.94. The first-order valence-electron chi connectivity index (χ1n) is 5.18. The van der Waals surface area contributed by atoms with E-state index < -0.39 is 0 Å². The van der Waals surface area contributed by atoms with Crippen LogP contribution in [0.3, 0.4) is 0 Å². The van der Waals surface area contributed by atoms with Crippen LogP contribution in [0, 0.1) is 5.41 Å². The van der Waals surface area contributed by atoms with Crippen molar-refractivity contribution < 1.29 is 0 Å². The molecule has 5 heteroatoms. The summed E-state index contributed by atoms with van der Waals surface area (Å²) in [5.74, 6) is 1.07. The molecule has 0 aliphatic rings. The van der Waals surface area contributed by atoms with Gasteiger partial charge in [0.05, 0.1) is 0 Å². The molecular weight excluding hydrogens is 226 g/mol. The van der Waals surface area contributed by atoms with E-state index in [1.54, 1.807) is 28.6 Å². The van der Waals surface area contributed by atoms with Crippen molar-refractivity contribution >= 4 is 23.1 Å². The van der Waals surface area contributed by atoms with E-state index in [4.69, 9.17) is 0 Å². The lowest BCUT2D eigenvalue weighted by molar-refractivity contribution is 0.369. The van der Waals surface area contributed by atoms with Crippen LogP contribution in [0.15, 0.2) is 9.85 Å². The van der Waals surface area contributed by atoms with Crippen LogP contribution in [0.4, 0.5) is 0 Å². The third-order valence-corrected chi connectivity index (χ3v) is 3.76. The van der Waals surface area contributed by atoms with Crippen LogP contribution in [0.25, 0.3) is 0 Å². The zero-order valence-corrected chi connectivity index (χ0v) is 11.2. The Morgan fingerprint density at radius 2 is 2.20 bits per heavy atom. The molecule has 0 atom stereocenters. The van der Waals surface area contributed by atoms with Gasteiger partial charge in [-0.15, -0.1) is 10.2 Å². The smallest absolute Gasteiger partial charge is 0.174 e. The minimum Gasteiger partial charge on any atom is -0.316 e. The Morgan fingerprint density at radius 3 is 2.80 bits per heavy atom. The zero-order chi connectivity index (χ0) is 11.1. The lowest BCUT2D eigenvalue weighted by atomic mass is 9.92. The molecule has 0 aromatic carbocycles. The van der Waals surface area contributed by atoms with Crippen LogP contribution >= 0.6 is 23.1 Å². The summed E-state index contributed by atoms with van der Waals surface area (Å²) in [6, 6.07) is 0. The van der Waals surface area contributed by atoms with E-state index in [2.05, 4.69) is 36.3 Å². The van der Waals surface area contributed by atoms with E-state index in [0.717, 1.165) is 23.2 Å². The molecule has 86 valence electrons. The van der Waals surface area contributed by atoms with E-state index in [-0.39, 0.29) is 0 Å². The van der Waals surface area contributed by atoms with Gasteiger partial charge in [0.15, 0.2) is 4.34 Å². The minimum absolute atomic E-state index is 0.430. The Bertz CT molecular complexity index is 254. The lowest BCUT2D eigenvalue weighted by Gasteiger charge is -2.17. The molecule has 15 heavy (non-hydrogen) atoms. The van der Waals surface area contributed by atoms with Gasteiger partial charge in [-0.1, -0.05) is 43.9 Å². The van der Waals surface area contributed by atoms with Gasteiger partial charge in [-0.05, 0) is 18.4 Å². The first kappa shape index (κ1) is 12.9. The predicted molar refractivity (Wildman–Crippen MR) is 67.6 cm³/mol. The van der Waals surface area contributed by atoms with Crippen LogP contribution in [0.1, 0.15) is 27.2 Å². The minimum atomic E-state index is 0.430. The highest BCUT2D eigenvalue weighted by molar-refractivity contribution is 8.01. The summed E-state index contributed by atoms with van der Waals surface area (Å²) in [5, 5.41) is 11.2. The van der Waals surface area contributed by atoms with Crippen LogP contribution in [0.2, 0.25) is 0 Å². The second-order valence-electron chi connectivity index (χ2n) is 4.61. The van der Waals surface area contributed by atoms with Crippen LogP contribution in [-0.2, 0) is 0 Å². The van der Waals surface area contributed by atoms with Gasteiger partial charge in [0.2, 0.25) is 0 Å². The van der Waals surface area contributed by atoms with Crippen LogP contribution in [-0.4, -0.2) is 29.0 Å². The summed E-state index contributed by atoms with van der Waals surface area (Å²) in [7, 11) is 0. The number of nitrogens with one attached hydrogen (secondary N) is 1. The van der Waals surface area contributed by atoms with E-state index in [0.29, 0.717) is 5.41 Å². The van der Waals surface area contributed by atoms with E-state index >= 15 is 0 Å². The normalized spacial score (nSPS) is 11.9. The molecule has 1 rings (SSSR count). The Labute approximate surface area is 100 Å². The molecule has 0 aliphatic carbocycles. The van der Waals surface area contributed by atoms with Crippen molar-refractivity contribution in [3.63, 3.8) is 0 Å². The molecule has 0 amide bonds. The summed E-state index contributed by atoms with van der Waals surface area (Å²) in [4.78, 5) is 0. The Kier molecular flexibility index (Phi) is 5.56. The van der Waals surface area contributed by atoms with Crippen molar-refractivity contribution in [1.29, 1.82) is 0 Å². The Hall–Kier alpha value is -0.130. The molecule has 1 N–H and O–H groups in total. The molecule has 1 aromatic heterocycles. The molecule has 0 fully saturated rings. The lowest BCUT2D eigenvalue weighted by Crippen LogP contribution is -2.22. The standard InChI is InChI=1S/C10H19N3S2/c1-10(2,3)4-5-11-6-7-14-9-13-12-8-15-9/h8,11H,4-7H2,1-3H3. The molecule has 3 nitrogen and oxygen atoms in total. The van der Waals surface area contributed by atoms with Gasteiger partial charge in [-0.25, -0.2) is 0 Å². The van der Waals surface area contributed by atoms with Gasteiger partial charge in [0, 0.05) is 12.3 Å². The SMILES string of the molecule is CC(C)(C)CCNCCSc1nncs1. The highest BCUT2D eigenvalue weighted by Gasteiger charge is 2.08. The molecule has 0 saturated carbocycles. The Morgan fingerprint density at radius 1 is 1.40 bits per heavy atom. The molecule has 0 spiro atoms. The maximum Gasteiger partial charge on any atom is 0.174 e. The molecule has 0 saturated heterocycles. The van der Waals surface area contributed by atoms with Crippen molar-refractivity contribution in [2.24, 2.45) is 5.41 Å². The fourth-order valence-electron chi connectivity index (χ4n) is 1.02. The average Bonchev–Trinajstić information content (AvgIpc) is 2.61. The second kappa shape index (κ2) is 6.45. The molecule has 0 unspecified atom stereocenters. The summed E-state index contributed by atoms with van der Waals surface area (Å²) < 4.78 is 1.06. The number of hydrogen-bond acceptors (Lipinski definition) is 5. The van der Waals surface area contributed by atoms with Gasteiger partial charge in [0.1, 0.15) is 5.51 Å². The van der Waals surface area contributed by atoms with E-state index in [1.807, 2.05) is 0 Å². The summed E-state index contributed by atoms with van der Waals surface area (Å²) in [5.41, 5.74) is 2.20. The number of hydrogen-bond donors (Lipinski definition) is 1. The van der Waals surface area contributed by atoms with Crippen molar-refractivity contribution in [1.82, 2.24) is 15.5 Å². The quantitative estimate of drug-likeness (QED) is 0.617. The fraction of sp³-hybridized carbons (Fsp3) is 0.800. The number of aromatic nitrogens is 2. The largest absolute Gasteiger partial charge is 0.316 e. The summed E-state index contributed by atoms with van der Waals surface area (Å²) >= 11 is 3.37. The molecule has 1 aromatic rings. The van der Waals surface area contributed by atoms with Crippen molar-refractivity contribution in [2.45, 2.75) is 31.5 Å². The van der Waals surface area contributed by atoms with Crippen molar-refractivity contribution in [3.05, 3.63) is 5.51 Å². The van der Waals surface area contributed by atoms with Crippen molar-refractivity contribution in [2.75, 3.05) is 18.8 Å². The maximum absolute atomic E-state index is 3.98. The third-order valence-electron chi connectivity index (χ3n) is 1.90. The molecular formula is C10H19N3S2. The highest BCUT2D eigenvalue weighted by Crippen LogP contribution is 2.18. The van der Waals surface area contributed by atoms with Gasteiger partial charge in [-0.2, -0.15) is 0 Å². The number of thioether (sulfide) groups is 1. The van der Waals surface area contributed by atoms with Crippen molar-refractivity contribution in [3.8, 4) is 0 Å². The van der Waals surface area contributed by atoms with Crippen LogP contribution < -0.4 is 5.32 Å². The topological polar surface area (TPSA) is 37.8 Å². The fourth-order valence-corrected chi connectivity index (χ4v) is 2.48. The van der Waals surface area contributed by atoms with Gasteiger partial charge < -0.3 is 5.32 Å². The Balaban J connectivity index is 1.94. The van der Waals surface area contributed by atoms with E-state index in [1.165, 1.54) is 6.42 Å². The van der Waals surface area contributed by atoms with Gasteiger partial charge in [-0.3, -0.25) is 0 Å². The molecule has 1 heterocycles. The van der Waals surface area contributed by atoms with Gasteiger partial charge >= 0.3 is 0 Å². The molecule has 0 aliphatic heterocycles. The number of rotatable bonds is 6. The van der Waals surface area contributed by atoms with Gasteiger partial charge in [0.25, 0.3) is 0 Å². The second-order valence-corrected chi connectivity index (χ2v) is 6.79. The first-order chi connectivity index (χ1) is 7.08. The monoisotopic (exact) mass is 245 g/mol. The zero-order valence-electron chi connectivity index (χ0n) is 9.62. The van der Waals surface area contributed by atoms with E-state index in [9.17, 15) is 0 Å². The summed E-state index contributed by atoms with van der Waals surface area (Å²) in [6.07, 6.45) is 1.22. The third kappa shape index (κ3) is 6.87. The molecule has 0 bridgehead atoms. The number of nitrogens with zero attached hydrogens (tertiary/aromatic N) is 2. The first-order valence-corrected chi connectivity index (χ1v) is 7.04. The molecule has 0 radical (unpaired) electrons. The maximum atomic E-state index is 3.98. The van der Waals surface area contributed by atoms with Crippen LogP contribution in [0.5, 0.6) is 0 Å². The average molecular weight is 245 g/mol. The highest BCUT2D eigenvalue weighted by atomic mass is 32.2.